The van der Waals surface area contributed by atoms with Gasteiger partial charge in [-0.3, -0.25) is 9.59 Å². The highest BCUT2D eigenvalue weighted by Crippen LogP contribution is 2.31. The van der Waals surface area contributed by atoms with Gasteiger partial charge in [0.1, 0.15) is 5.82 Å². The number of benzene rings is 2. The Morgan fingerprint density at radius 1 is 1.14 bits per heavy atom. The molecule has 1 saturated carbocycles. The summed E-state index contributed by atoms with van der Waals surface area (Å²) in [4.78, 5) is 33.8. The van der Waals surface area contributed by atoms with Crippen LogP contribution in [0.15, 0.2) is 48.5 Å². The molecule has 5 N–H and O–H groups in total. The number of amides is 2. The first-order valence-corrected chi connectivity index (χ1v) is 12.5. The number of rotatable bonds is 7. The Balaban J connectivity index is 1.40. The fourth-order valence-electron chi connectivity index (χ4n) is 5.31. The Labute approximate surface area is 205 Å². The van der Waals surface area contributed by atoms with Gasteiger partial charge in [0.05, 0.1) is 11.7 Å². The number of nitrogens with zero attached hydrogens (tertiary/aromatic N) is 1. The van der Waals surface area contributed by atoms with Crippen molar-refractivity contribution >= 4 is 11.8 Å². The van der Waals surface area contributed by atoms with Gasteiger partial charge in [-0.2, -0.15) is 0 Å². The summed E-state index contributed by atoms with van der Waals surface area (Å²) < 4.78 is 0. The van der Waals surface area contributed by atoms with Crippen molar-refractivity contribution in [3.8, 4) is 11.3 Å². The van der Waals surface area contributed by atoms with Crippen LogP contribution >= 0.6 is 0 Å². The lowest BCUT2D eigenvalue weighted by molar-refractivity contribution is -0.127. The summed E-state index contributed by atoms with van der Waals surface area (Å²) in [6.45, 7) is 3.25. The molecule has 0 spiro atoms. The van der Waals surface area contributed by atoms with Gasteiger partial charge in [-0.15, -0.1) is 0 Å². The van der Waals surface area contributed by atoms with Gasteiger partial charge in [0.2, 0.25) is 5.91 Å². The van der Waals surface area contributed by atoms with Gasteiger partial charge in [-0.1, -0.05) is 42.5 Å². The van der Waals surface area contributed by atoms with Gasteiger partial charge in [-0.25, -0.2) is 4.98 Å². The molecule has 1 atom stereocenters. The largest absolute Gasteiger partial charge is 0.348 e. The topological polar surface area (TPSA) is 113 Å². The van der Waals surface area contributed by atoms with Crippen LogP contribution in [-0.2, 0) is 17.8 Å². The molecule has 0 radical (unpaired) electrons. The van der Waals surface area contributed by atoms with Gasteiger partial charge in [-0.05, 0) is 68.7 Å². The van der Waals surface area contributed by atoms with E-state index in [2.05, 4.69) is 27.8 Å². The Morgan fingerprint density at radius 2 is 1.91 bits per heavy atom. The summed E-state index contributed by atoms with van der Waals surface area (Å²) in [7, 11) is 0. The third-order valence-electron chi connectivity index (χ3n) is 7.45. The summed E-state index contributed by atoms with van der Waals surface area (Å²) >= 11 is 0. The first-order chi connectivity index (χ1) is 17.0. The molecule has 7 heteroatoms. The zero-order valence-electron chi connectivity index (χ0n) is 20.1. The fourth-order valence-corrected chi connectivity index (χ4v) is 5.31. The maximum Gasteiger partial charge on any atom is 0.251 e. The molecule has 2 heterocycles. The van der Waals surface area contributed by atoms with Gasteiger partial charge >= 0.3 is 0 Å². The third-order valence-corrected chi connectivity index (χ3v) is 7.45. The minimum Gasteiger partial charge on any atom is -0.348 e. The van der Waals surface area contributed by atoms with Crippen LogP contribution in [0.3, 0.4) is 0 Å². The molecule has 1 fully saturated rings. The predicted octanol–water partition coefficient (Wildman–Crippen LogP) is 3.79. The molecular weight excluding hydrogens is 438 g/mol. The predicted molar refractivity (Wildman–Crippen MR) is 135 cm³/mol. The average Bonchev–Trinajstić information content (AvgIpc) is 3.46. The second kappa shape index (κ2) is 10.0. The molecule has 7 nitrogen and oxygen atoms in total. The van der Waals surface area contributed by atoms with E-state index in [0.717, 1.165) is 59.6 Å². The van der Waals surface area contributed by atoms with Crippen molar-refractivity contribution in [3.05, 3.63) is 76.7 Å². The first-order valence-electron chi connectivity index (χ1n) is 12.5. The summed E-state index contributed by atoms with van der Waals surface area (Å²) in [5.41, 5.74) is 11.3. The summed E-state index contributed by atoms with van der Waals surface area (Å²) in [6, 6.07) is 15.8. The van der Waals surface area contributed by atoms with E-state index < -0.39 is 0 Å². The molecule has 2 amide bonds. The van der Waals surface area contributed by atoms with E-state index in [-0.39, 0.29) is 23.8 Å². The number of nitrogens with two attached hydrogens (primary N) is 1. The zero-order valence-corrected chi connectivity index (χ0v) is 20.1. The number of carbonyl (C=O) groups is 2. The second-order valence-corrected chi connectivity index (χ2v) is 9.85. The van der Waals surface area contributed by atoms with E-state index >= 15 is 0 Å². The molecule has 5 rings (SSSR count). The van der Waals surface area contributed by atoms with Crippen LogP contribution in [0.4, 0.5) is 0 Å². The van der Waals surface area contributed by atoms with Crippen molar-refractivity contribution in [3.63, 3.8) is 0 Å². The maximum absolute atomic E-state index is 13.3. The first kappa shape index (κ1) is 23.3. The van der Waals surface area contributed by atoms with Crippen molar-refractivity contribution in [1.82, 2.24) is 20.6 Å². The van der Waals surface area contributed by atoms with Crippen LogP contribution < -0.4 is 16.4 Å². The number of hydrogen-bond donors (Lipinski definition) is 4. The molecule has 2 aliphatic rings. The number of aryl methyl sites for hydroxylation is 1. The Hall–Kier alpha value is -3.45. The van der Waals surface area contributed by atoms with E-state index in [9.17, 15) is 9.59 Å². The van der Waals surface area contributed by atoms with Crippen molar-refractivity contribution < 1.29 is 9.59 Å². The molecule has 35 heavy (non-hydrogen) atoms. The molecule has 0 saturated heterocycles. The molecule has 2 aromatic carbocycles. The Morgan fingerprint density at radius 3 is 2.66 bits per heavy atom. The number of fused-ring (bicyclic) bond motifs is 1. The number of aromatic nitrogens is 2. The smallest absolute Gasteiger partial charge is 0.251 e. The number of aromatic amines is 1. The molecule has 182 valence electrons. The molecule has 1 unspecified atom stereocenters. The zero-order chi connectivity index (χ0) is 24.4. The number of H-pyrrole nitrogens is 1. The number of nitrogens with one attached hydrogen (secondary N) is 3. The number of carbonyl (C=O) groups excluding carboxylic acids is 2. The molecule has 0 bridgehead atoms. The molecule has 1 aliphatic carbocycles. The average molecular weight is 472 g/mol. The third kappa shape index (κ3) is 5.00. The fraction of sp³-hybridized carbons (Fsp3) is 0.393. The lowest BCUT2D eigenvalue weighted by Gasteiger charge is -2.28. The lowest BCUT2D eigenvalue weighted by atomic mass is 9.81. The Kier molecular flexibility index (Phi) is 6.68. The standard InChI is InChI=1S/C28H33N5O2/c1-17-25(21-11-12-22-16-30-28(35)23(22)14-21)33-26(31-17)24(13-18-5-3-2-4-6-18)32-27(34)20-9-7-19(15-29)8-10-20/h2-6,11-12,14,19-20,24H,7-10,13,15-16,29H2,1H3,(H,30,35)(H,31,33)(H,32,34). The minimum atomic E-state index is -0.276. The highest BCUT2D eigenvalue weighted by atomic mass is 16.2. The van der Waals surface area contributed by atoms with Gasteiger partial charge in [0, 0.05) is 29.3 Å². The summed E-state index contributed by atoms with van der Waals surface area (Å²) in [5.74, 6) is 1.32. The monoisotopic (exact) mass is 471 g/mol. The van der Waals surface area contributed by atoms with Crippen LogP contribution in [0.25, 0.3) is 11.3 Å². The van der Waals surface area contributed by atoms with E-state index in [1.807, 2.05) is 43.3 Å². The summed E-state index contributed by atoms with van der Waals surface area (Å²) in [6.07, 6.45) is 4.42. The second-order valence-electron chi connectivity index (χ2n) is 9.85. The van der Waals surface area contributed by atoms with Crippen molar-refractivity contribution in [2.24, 2.45) is 17.6 Å². The minimum absolute atomic E-state index is 0.0156. The van der Waals surface area contributed by atoms with Gasteiger partial charge in [0.15, 0.2) is 0 Å². The van der Waals surface area contributed by atoms with Crippen LogP contribution in [0, 0.1) is 18.8 Å². The van der Waals surface area contributed by atoms with Crippen molar-refractivity contribution in [2.45, 2.75) is 51.6 Å². The van der Waals surface area contributed by atoms with Crippen molar-refractivity contribution in [2.75, 3.05) is 6.54 Å². The number of imidazole rings is 1. The van der Waals surface area contributed by atoms with E-state index in [4.69, 9.17) is 10.7 Å². The van der Waals surface area contributed by atoms with Gasteiger partial charge in [0.25, 0.3) is 5.91 Å². The van der Waals surface area contributed by atoms with Gasteiger partial charge < -0.3 is 21.4 Å². The van der Waals surface area contributed by atoms with Crippen LogP contribution in [0.1, 0.15) is 64.7 Å². The quantitative estimate of drug-likeness (QED) is 0.420. The van der Waals surface area contributed by atoms with Crippen LogP contribution in [0.5, 0.6) is 0 Å². The van der Waals surface area contributed by atoms with Crippen LogP contribution in [-0.4, -0.2) is 28.3 Å². The number of hydrogen-bond acceptors (Lipinski definition) is 4. The molecular formula is C28H33N5O2. The lowest BCUT2D eigenvalue weighted by Crippen LogP contribution is -2.37. The van der Waals surface area contributed by atoms with E-state index in [1.165, 1.54) is 0 Å². The molecule has 3 aromatic rings. The highest BCUT2D eigenvalue weighted by Gasteiger charge is 2.29. The van der Waals surface area contributed by atoms with E-state index in [0.29, 0.717) is 31.0 Å². The maximum atomic E-state index is 13.3. The SMILES string of the molecule is Cc1[nH]c(C(Cc2ccccc2)NC(=O)C2CCC(CN)CC2)nc1-c1ccc2c(c1)C(=O)NC2. The molecule has 1 aromatic heterocycles. The summed E-state index contributed by atoms with van der Waals surface area (Å²) in [5, 5.41) is 6.16. The van der Waals surface area contributed by atoms with Crippen LogP contribution in [0.2, 0.25) is 0 Å². The van der Waals surface area contributed by atoms with Crippen molar-refractivity contribution in [1.29, 1.82) is 0 Å². The highest BCUT2D eigenvalue weighted by molar-refractivity contribution is 5.99. The van der Waals surface area contributed by atoms with E-state index in [1.54, 1.807) is 0 Å². The molecule has 1 aliphatic heterocycles. The normalized spacial score (nSPS) is 20.2. The Bertz CT molecular complexity index is 1210.